The average Bonchev–Trinajstić information content (AvgIpc) is 2.68. The molecule has 4 heteroatoms. The van der Waals surface area contributed by atoms with Crippen molar-refractivity contribution in [2.45, 2.75) is 13.5 Å². The van der Waals surface area contributed by atoms with Crippen LogP contribution in [-0.2, 0) is 6.54 Å². The van der Waals surface area contributed by atoms with Crippen LogP contribution in [0.4, 0.5) is 0 Å². The van der Waals surface area contributed by atoms with Gasteiger partial charge in [-0.05, 0) is 25.6 Å². The molecule has 0 aromatic carbocycles. The predicted octanol–water partition coefficient (Wildman–Crippen LogP) is 2.23. The number of hydrogen-bond acceptors (Lipinski definition) is 4. The van der Waals surface area contributed by atoms with Crippen LogP contribution in [0.1, 0.15) is 11.3 Å². The van der Waals surface area contributed by atoms with Gasteiger partial charge in [-0.1, -0.05) is 6.07 Å². The number of rotatable bonds is 3. The molecule has 78 valence electrons. The number of pyridine rings is 1. The molecule has 1 N–H and O–H groups in total. The van der Waals surface area contributed by atoms with Gasteiger partial charge < -0.3 is 5.32 Å². The Labute approximate surface area is 93.2 Å². The van der Waals surface area contributed by atoms with Gasteiger partial charge in [0.25, 0.3) is 0 Å². The van der Waals surface area contributed by atoms with E-state index in [0.29, 0.717) is 0 Å². The van der Waals surface area contributed by atoms with Crippen molar-refractivity contribution in [2.24, 2.45) is 0 Å². The highest BCUT2D eigenvalue weighted by Gasteiger charge is 2.04. The van der Waals surface area contributed by atoms with Gasteiger partial charge in [-0.2, -0.15) is 0 Å². The molecule has 0 atom stereocenters. The largest absolute Gasteiger partial charge is 0.314 e. The number of thiazole rings is 1. The first-order valence-corrected chi connectivity index (χ1v) is 5.69. The van der Waals surface area contributed by atoms with E-state index in [-0.39, 0.29) is 0 Å². The van der Waals surface area contributed by atoms with Gasteiger partial charge in [-0.15, -0.1) is 11.3 Å². The quantitative estimate of drug-likeness (QED) is 0.860. The van der Waals surface area contributed by atoms with Crippen LogP contribution in [0.3, 0.4) is 0 Å². The monoisotopic (exact) mass is 219 g/mol. The van der Waals surface area contributed by atoms with Crippen LogP contribution in [0.25, 0.3) is 10.7 Å². The third-order valence-electron chi connectivity index (χ3n) is 2.04. The topological polar surface area (TPSA) is 37.8 Å². The molecule has 3 nitrogen and oxygen atoms in total. The molecule has 0 saturated heterocycles. The summed E-state index contributed by atoms with van der Waals surface area (Å²) in [6.45, 7) is 2.84. The zero-order chi connectivity index (χ0) is 10.7. The lowest BCUT2D eigenvalue weighted by Gasteiger charge is -1.96. The minimum Gasteiger partial charge on any atom is -0.314 e. The van der Waals surface area contributed by atoms with Gasteiger partial charge in [0.05, 0.1) is 11.4 Å². The van der Waals surface area contributed by atoms with Crippen LogP contribution in [0.5, 0.6) is 0 Å². The van der Waals surface area contributed by atoms with Crippen LogP contribution < -0.4 is 5.32 Å². The van der Waals surface area contributed by atoms with Crippen LogP contribution >= 0.6 is 11.3 Å². The highest BCUT2D eigenvalue weighted by molar-refractivity contribution is 7.13. The van der Waals surface area contributed by atoms with Crippen LogP contribution in [0.15, 0.2) is 23.7 Å². The molecule has 0 aliphatic carbocycles. The Hall–Kier alpha value is -1.26. The first-order chi connectivity index (χ1) is 7.29. The summed E-state index contributed by atoms with van der Waals surface area (Å²) in [5.74, 6) is 0. The summed E-state index contributed by atoms with van der Waals surface area (Å²) < 4.78 is 0. The zero-order valence-electron chi connectivity index (χ0n) is 8.82. The van der Waals surface area contributed by atoms with Crippen molar-refractivity contribution in [3.63, 3.8) is 0 Å². The second kappa shape index (κ2) is 4.51. The fourth-order valence-corrected chi connectivity index (χ4v) is 2.08. The Morgan fingerprint density at radius 1 is 1.40 bits per heavy atom. The normalized spacial score (nSPS) is 10.5. The van der Waals surface area contributed by atoms with E-state index < -0.39 is 0 Å². The molecule has 0 fully saturated rings. The maximum absolute atomic E-state index is 4.49. The molecule has 2 heterocycles. The second-order valence-corrected chi connectivity index (χ2v) is 4.25. The lowest BCUT2D eigenvalue weighted by Crippen LogP contribution is -2.04. The van der Waals surface area contributed by atoms with Crippen molar-refractivity contribution < 1.29 is 0 Å². The summed E-state index contributed by atoms with van der Waals surface area (Å²) in [5, 5.41) is 6.13. The Balaban J connectivity index is 2.25. The van der Waals surface area contributed by atoms with E-state index in [2.05, 4.69) is 26.7 Å². The smallest absolute Gasteiger partial charge is 0.142 e. The number of hydrogen-bond donors (Lipinski definition) is 1. The first kappa shape index (κ1) is 10.3. The van der Waals surface area contributed by atoms with E-state index in [0.717, 1.165) is 22.9 Å². The molecular weight excluding hydrogens is 206 g/mol. The molecule has 0 unspecified atom stereocenters. The Morgan fingerprint density at radius 2 is 2.27 bits per heavy atom. The number of nitrogens with one attached hydrogen (secondary N) is 1. The maximum atomic E-state index is 4.49. The van der Waals surface area contributed by atoms with Crippen LogP contribution in [-0.4, -0.2) is 17.0 Å². The van der Waals surface area contributed by atoms with Gasteiger partial charge >= 0.3 is 0 Å². The Morgan fingerprint density at radius 3 is 2.93 bits per heavy atom. The van der Waals surface area contributed by atoms with Gasteiger partial charge in [0, 0.05) is 18.1 Å². The minimum absolute atomic E-state index is 0.808. The van der Waals surface area contributed by atoms with E-state index in [9.17, 15) is 0 Å². The van der Waals surface area contributed by atoms with Crippen molar-refractivity contribution in [3.8, 4) is 10.7 Å². The molecular formula is C11H13N3S. The summed E-state index contributed by atoms with van der Waals surface area (Å²) in [4.78, 5) is 8.84. The predicted molar refractivity (Wildman–Crippen MR) is 62.8 cm³/mol. The van der Waals surface area contributed by atoms with E-state index in [1.807, 2.05) is 26.2 Å². The van der Waals surface area contributed by atoms with Crippen molar-refractivity contribution in [1.29, 1.82) is 0 Å². The fourth-order valence-electron chi connectivity index (χ4n) is 1.28. The van der Waals surface area contributed by atoms with E-state index in [1.165, 1.54) is 5.56 Å². The first-order valence-electron chi connectivity index (χ1n) is 4.81. The van der Waals surface area contributed by atoms with Gasteiger partial charge in [0.2, 0.25) is 0 Å². The zero-order valence-corrected chi connectivity index (χ0v) is 9.64. The molecule has 0 amide bonds. The molecule has 2 aromatic rings. The van der Waals surface area contributed by atoms with Crippen molar-refractivity contribution in [3.05, 3.63) is 35.0 Å². The molecule has 2 aromatic heterocycles. The summed E-state index contributed by atoms with van der Waals surface area (Å²) >= 11 is 1.63. The third kappa shape index (κ3) is 2.40. The number of aryl methyl sites for hydroxylation is 1. The van der Waals surface area contributed by atoms with Crippen molar-refractivity contribution in [1.82, 2.24) is 15.3 Å². The van der Waals surface area contributed by atoms with Crippen LogP contribution in [0, 0.1) is 6.92 Å². The fraction of sp³-hybridized carbons (Fsp3) is 0.273. The van der Waals surface area contributed by atoms with Gasteiger partial charge in [-0.3, -0.25) is 4.98 Å². The number of nitrogens with zero attached hydrogens (tertiary/aromatic N) is 2. The minimum atomic E-state index is 0.808. The molecule has 0 bridgehead atoms. The number of aromatic nitrogens is 2. The summed E-state index contributed by atoms with van der Waals surface area (Å²) in [5.41, 5.74) is 3.19. The van der Waals surface area contributed by atoms with Crippen molar-refractivity contribution >= 4 is 11.3 Å². The Kier molecular flexibility index (Phi) is 3.08. The van der Waals surface area contributed by atoms with E-state index >= 15 is 0 Å². The third-order valence-corrected chi connectivity index (χ3v) is 2.95. The van der Waals surface area contributed by atoms with Crippen molar-refractivity contribution in [2.75, 3.05) is 7.05 Å². The molecule has 0 spiro atoms. The molecule has 0 radical (unpaired) electrons. The standard InChI is InChI=1S/C11H13N3S/c1-8-3-4-10(13-5-8)11-14-9(6-12-2)7-15-11/h3-5,7,12H,6H2,1-2H3. The van der Waals surface area contributed by atoms with Gasteiger partial charge in [0.15, 0.2) is 0 Å². The maximum Gasteiger partial charge on any atom is 0.142 e. The Bertz CT molecular complexity index is 433. The molecule has 0 saturated carbocycles. The van der Waals surface area contributed by atoms with E-state index in [1.54, 1.807) is 11.3 Å². The molecule has 15 heavy (non-hydrogen) atoms. The lowest BCUT2D eigenvalue weighted by atomic mass is 10.3. The highest BCUT2D eigenvalue weighted by atomic mass is 32.1. The molecule has 2 rings (SSSR count). The SMILES string of the molecule is CNCc1csc(-c2ccc(C)cn2)n1. The van der Waals surface area contributed by atoms with E-state index in [4.69, 9.17) is 0 Å². The van der Waals surface area contributed by atoms with Gasteiger partial charge in [0.1, 0.15) is 5.01 Å². The summed E-state index contributed by atoms with van der Waals surface area (Å²) in [7, 11) is 1.92. The molecule has 0 aliphatic heterocycles. The lowest BCUT2D eigenvalue weighted by molar-refractivity contribution is 0.798. The molecule has 0 aliphatic rings. The highest BCUT2D eigenvalue weighted by Crippen LogP contribution is 2.21. The second-order valence-electron chi connectivity index (χ2n) is 3.40. The van der Waals surface area contributed by atoms with Crippen LogP contribution in [0.2, 0.25) is 0 Å². The van der Waals surface area contributed by atoms with Gasteiger partial charge in [-0.25, -0.2) is 4.98 Å². The average molecular weight is 219 g/mol. The summed E-state index contributed by atoms with van der Waals surface area (Å²) in [6, 6.07) is 4.07. The summed E-state index contributed by atoms with van der Waals surface area (Å²) in [6.07, 6.45) is 1.87.